The molecule has 0 bridgehead atoms. The monoisotopic (exact) mass is 414 g/mol. The molecule has 0 spiro atoms. The number of nitrogens with one attached hydrogen (secondary N) is 3. The van der Waals surface area contributed by atoms with Gasteiger partial charge in [0.25, 0.3) is 5.91 Å². The Morgan fingerprint density at radius 3 is 2.55 bits per heavy atom. The highest BCUT2D eigenvalue weighted by atomic mass is 19.1. The average Bonchev–Trinajstić information content (AvgIpc) is 3.59. The van der Waals surface area contributed by atoms with E-state index in [1.54, 1.807) is 42.5 Å². The molecular weight excluding hydrogens is 395 g/mol. The molecule has 1 saturated carbocycles. The summed E-state index contributed by atoms with van der Waals surface area (Å²) in [4.78, 5) is 20.5. The summed E-state index contributed by atoms with van der Waals surface area (Å²) >= 11 is 0. The number of anilines is 5. The van der Waals surface area contributed by atoms with Gasteiger partial charge in [-0.1, -0.05) is 30.3 Å². The summed E-state index contributed by atoms with van der Waals surface area (Å²) in [6, 6.07) is 18.0. The van der Waals surface area contributed by atoms with Crippen LogP contribution in [0.1, 0.15) is 12.8 Å². The molecular formula is C23H19FN6O. The van der Waals surface area contributed by atoms with Crippen molar-refractivity contribution in [1.29, 1.82) is 5.26 Å². The molecule has 1 aliphatic rings. The average molecular weight is 414 g/mol. The molecule has 1 heterocycles. The Kier molecular flexibility index (Phi) is 5.85. The molecule has 7 nitrogen and oxygen atoms in total. The van der Waals surface area contributed by atoms with Crippen LogP contribution in [0.4, 0.5) is 33.2 Å². The lowest BCUT2D eigenvalue weighted by atomic mass is 10.2. The number of aromatic nitrogens is 2. The minimum Gasteiger partial charge on any atom is -0.338 e. The van der Waals surface area contributed by atoms with Gasteiger partial charge in [-0.3, -0.25) is 4.79 Å². The van der Waals surface area contributed by atoms with E-state index in [0.717, 1.165) is 19.0 Å². The van der Waals surface area contributed by atoms with E-state index in [0.29, 0.717) is 23.0 Å². The quantitative estimate of drug-likeness (QED) is 0.375. The Balaban J connectivity index is 1.47. The van der Waals surface area contributed by atoms with E-state index in [-0.39, 0.29) is 17.3 Å². The van der Waals surface area contributed by atoms with Crippen LogP contribution in [-0.2, 0) is 4.79 Å². The lowest BCUT2D eigenvalue weighted by Gasteiger charge is -2.11. The molecule has 8 heteroatoms. The maximum atomic E-state index is 14.1. The van der Waals surface area contributed by atoms with Gasteiger partial charge >= 0.3 is 0 Å². The van der Waals surface area contributed by atoms with Gasteiger partial charge in [-0.15, -0.1) is 0 Å². The molecule has 0 radical (unpaired) electrons. The van der Waals surface area contributed by atoms with Crippen molar-refractivity contribution in [3.63, 3.8) is 0 Å². The van der Waals surface area contributed by atoms with Gasteiger partial charge in [-0.25, -0.2) is 9.37 Å². The molecule has 3 N–H and O–H groups in total. The normalized spacial score (nSPS) is 13.2. The fourth-order valence-electron chi connectivity index (χ4n) is 2.84. The van der Waals surface area contributed by atoms with Crippen LogP contribution in [0.25, 0.3) is 0 Å². The summed E-state index contributed by atoms with van der Waals surface area (Å²) in [5, 5.41) is 17.8. The molecule has 2 aromatic carbocycles. The van der Waals surface area contributed by atoms with Gasteiger partial charge < -0.3 is 16.0 Å². The van der Waals surface area contributed by atoms with Crippen LogP contribution in [0, 0.1) is 23.1 Å². The van der Waals surface area contributed by atoms with E-state index >= 15 is 0 Å². The van der Waals surface area contributed by atoms with E-state index in [9.17, 15) is 14.4 Å². The van der Waals surface area contributed by atoms with Crippen molar-refractivity contribution >= 4 is 34.7 Å². The van der Waals surface area contributed by atoms with Crippen molar-refractivity contribution in [3.8, 4) is 6.07 Å². The van der Waals surface area contributed by atoms with Gasteiger partial charge in [-0.2, -0.15) is 10.2 Å². The predicted molar refractivity (Wildman–Crippen MR) is 116 cm³/mol. The second kappa shape index (κ2) is 9.05. The first-order chi connectivity index (χ1) is 15.1. The van der Waals surface area contributed by atoms with Crippen molar-refractivity contribution < 1.29 is 9.18 Å². The Bertz CT molecular complexity index is 1170. The van der Waals surface area contributed by atoms with Gasteiger partial charge in [0.15, 0.2) is 11.6 Å². The Morgan fingerprint density at radius 2 is 1.81 bits per heavy atom. The molecule has 0 saturated heterocycles. The first-order valence-corrected chi connectivity index (χ1v) is 9.75. The number of halogens is 1. The van der Waals surface area contributed by atoms with Gasteiger partial charge in [0.2, 0.25) is 5.95 Å². The van der Waals surface area contributed by atoms with Crippen LogP contribution in [0.3, 0.4) is 0 Å². The second-order valence-electron chi connectivity index (χ2n) is 7.07. The zero-order valence-corrected chi connectivity index (χ0v) is 16.5. The Morgan fingerprint density at radius 1 is 1.06 bits per heavy atom. The van der Waals surface area contributed by atoms with Crippen LogP contribution < -0.4 is 16.0 Å². The summed E-state index contributed by atoms with van der Waals surface area (Å²) in [6.07, 6.45) is 4.81. The summed E-state index contributed by atoms with van der Waals surface area (Å²) in [6.45, 7) is 0. The first-order valence-electron chi connectivity index (χ1n) is 9.75. The largest absolute Gasteiger partial charge is 0.338 e. The van der Waals surface area contributed by atoms with E-state index in [1.165, 1.54) is 0 Å². The number of carbonyl (C=O) groups excluding carboxylic acids is 1. The van der Waals surface area contributed by atoms with Gasteiger partial charge in [0.05, 0.1) is 6.20 Å². The number of carbonyl (C=O) groups is 1. The predicted octanol–water partition coefficient (Wildman–Crippen LogP) is 4.90. The molecule has 0 unspecified atom stereocenters. The van der Waals surface area contributed by atoms with Crippen molar-refractivity contribution in [2.45, 2.75) is 12.8 Å². The maximum Gasteiger partial charge on any atom is 0.265 e. The molecule has 154 valence electrons. The highest BCUT2D eigenvalue weighted by Crippen LogP contribution is 2.31. The van der Waals surface area contributed by atoms with Crippen LogP contribution in [0.2, 0.25) is 0 Å². The van der Waals surface area contributed by atoms with Crippen LogP contribution in [0.15, 0.2) is 72.4 Å². The first kappa shape index (κ1) is 20.0. The van der Waals surface area contributed by atoms with E-state index in [2.05, 4.69) is 25.9 Å². The molecule has 0 atom stereocenters. The van der Waals surface area contributed by atoms with Gasteiger partial charge in [0.1, 0.15) is 11.6 Å². The van der Waals surface area contributed by atoms with Crippen molar-refractivity contribution in [2.24, 2.45) is 5.92 Å². The van der Waals surface area contributed by atoms with E-state index in [1.807, 2.05) is 24.3 Å². The number of nitrogens with zero attached hydrogens (tertiary/aromatic N) is 3. The summed E-state index contributed by atoms with van der Waals surface area (Å²) in [5.41, 5.74) is 1.92. The third-order valence-corrected chi connectivity index (χ3v) is 4.55. The minimum atomic E-state index is -0.582. The molecule has 1 aromatic heterocycles. The lowest BCUT2D eigenvalue weighted by Crippen LogP contribution is -2.13. The fraction of sp³-hybridized carbons (Fsp3) is 0.130. The number of hydrogen-bond donors (Lipinski definition) is 3. The topological polar surface area (TPSA) is 103 Å². The number of amides is 1. The van der Waals surface area contributed by atoms with Crippen molar-refractivity contribution in [2.75, 3.05) is 16.0 Å². The number of hydrogen-bond acceptors (Lipinski definition) is 6. The summed E-state index contributed by atoms with van der Waals surface area (Å²) in [5.74, 6) is -0.477. The molecule has 3 aromatic rings. The third-order valence-electron chi connectivity index (χ3n) is 4.55. The summed E-state index contributed by atoms with van der Waals surface area (Å²) in [7, 11) is 0. The number of allylic oxidation sites excluding steroid dienone is 1. The number of para-hydroxylation sites is 1. The maximum absolute atomic E-state index is 14.1. The molecule has 31 heavy (non-hydrogen) atoms. The zero-order chi connectivity index (χ0) is 21.6. The molecule has 0 aliphatic heterocycles. The SMILES string of the molecule is N#C/C(=C/C1CC1)C(=O)Nc1cccc(Nc2ncc(F)c(Nc3ccccc3)n2)c1. The number of rotatable bonds is 7. The third kappa shape index (κ3) is 5.42. The van der Waals surface area contributed by atoms with Crippen molar-refractivity contribution in [3.05, 3.63) is 78.3 Å². The smallest absolute Gasteiger partial charge is 0.265 e. The van der Waals surface area contributed by atoms with Gasteiger partial charge in [0, 0.05) is 17.1 Å². The number of nitriles is 1. The zero-order valence-electron chi connectivity index (χ0n) is 16.5. The highest BCUT2D eigenvalue weighted by molar-refractivity contribution is 6.06. The molecule has 1 amide bonds. The second-order valence-corrected chi connectivity index (χ2v) is 7.07. The minimum absolute atomic E-state index is 0.0389. The van der Waals surface area contributed by atoms with Crippen LogP contribution >= 0.6 is 0 Å². The molecule has 4 rings (SSSR count). The molecule has 1 aliphatic carbocycles. The van der Waals surface area contributed by atoms with E-state index in [4.69, 9.17) is 0 Å². The van der Waals surface area contributed by atoms with E-state index < -0.39 is 11.7 Å². The lowest BCUT2D eigenvalue weighted by molar-refractivity contribution is -0.112. The van der Waals surface area contributed by atoms with Crippen LogP contribution in [-0.4, -0.2) is 15.9 Å². The van der Waals surface area contributed by atoms with Crippen LogP contribution in [0.5, 0.6) is 0 Å². The van der Waals surface area contributed by atoms with Crippen molar-refractivity contribution in [1.82, 2.24) is 9.97 Å². The highest BCUT2D eigenvalue weighted by Gasteiger charge is 2.21. The Hall–Kier alpha value is -4.25. The van der Waals surface area contributed by atoms with Gasteiger partial charge in [-0.05, 0) is 49.1 Å². The Labute approximate surface area is 178 Å². The number of benzene rings is 2. The molecule has 1 fully saturated rings. The fourth-order valence-corrected chi connectivity index (χ4v) is 2.84. The standard InChI is InChI=1S/C23H19FN6O/c24-20-14-26-23(30-21(20)27-17-5-2-1-3-6-17)29-19-8-4-7-18(12-19)28-22(31)16(13-25)11-15-9-10-15/h1-8,11-12,14-15H,9-10H2,(H,28,31)(H2,26,27,29,30)/b16-11-. The summed E-state index contributed by atoms with van der Waals surface area (Å²) < 4.78 is 14.1.